The van der Waals surface area contributed by atoms with Crippen LogP contribution in [0.3, 0.4) is 0 Å². The molecular formula is C6H13NO5. The van der Waals surface area contributed by atoms with E-state index in [0.717, 1.165) is 0 Å². The van der Waals surface area contributed by atoms with Gasteiger partial charge >= 0.3 is 0 Å². The Morgan fingerprint density at radius 1 is 1.08 bits per heavy atom. The van der Waals surface area contributed by atoms with Crippen molar-refractivity contribution in [2.45, 2.75) is 30.6 Å². The first-order valence-electron chi connectivity index (χ1n) is 3.64. The molecule has 0 unspecified atom stereocenters. The van der Waals surface area contributed by atoms with Gasteiger partial charge in [0.15, 0.2) is 0 Å². The van der Waals surface area contributed by atoms with Gasteiger partial charge in [-0.15, -0.1) is 0 Å². The van der Waals surface area contributed by atoms with Crippen molar-refractivity contribution in [3.63, 3.8) is 0 Å². The number of aliphatic hydroxyl groups excluding tert-OH is 4. The third-order valence-corrected chi connectivity index (χ3v) is 1.93. The molecule has 0 aromatic heterocycles. The van der Waals surface area contributed by atoms with E-state index in [1.54, 1.807) is 0 Å². The average Bonchev–Trinajstić information content (AvgIpc) is 2.08. The minimum Gasteiger partial charge on any atom is -0.394 e. The molecule has 0 spiro atoms. The molecule has 5 atom stereocenters. The molecule has 6 heteroatoms. The molecule has 1 aliphatic rings. The Hall–Kier alpha value is -0.240. The summed E-state index contributed by atoms with van der Waals surface area (Å²) in [6, 6.07) is 0. The second kappa shape index (κ2) is 3.65. The van der Waals surface area contributed by atoms with Gasteiger partial charge in [-0.3, -0.25) is 0 Å². The molecule has 0 aromatic carbocycles. The average molecular weight is 179 g/mol. The molecule has 1 fully saturated rings. The van der Waals surface area contributed by atoms with Crippen molar-refractivity contribution in [3.05, 3.63) is 0 Å². The molecule has 0 aliphatic carbocycles. The van der Waals surface area contributed by atoms with Crippen LogP contribution in [0.5, 0.6) is 0 Å². The molecule has 6 N–H and O–H groups in total. The largest absolute Gasteiger partial charge is 0.394 e. The SMILES string of the molecule is N[C@@H]1O[C@H](CO)[C@H](O)[C@H](O)[C@H]1O. The third-order valence-electron chi connectivity index (χ3n) is 1.93. The Kier molecular flexibility index (Phi) is 2.99. The minimum absolute atomic E-state index is 0.446. The van der Waals surface area contributed by atoms with E-state index in [-0.39, 0.29) is 0 Å². The normalized spacial score (nSPS) is 49.2. The summed E-state index contributed by atoms with van der Waals surface area (Å²) in [5, 5.41) is 36.1. The minimum atomic E-state index is -1.37. The van der Waals surface area contributed by atoms with Crippen LogP contribution in [-0.2, 0) is 4.74 Å². The Bertz CT molecular complexity index is 150. The molecule has 1 saturated heterocycles. The van der Waals surface area contributed by atoms with Gasteiger partial charge in [-0.1, -0.05) is 0 Å². The van der Waals surface area contributed by atoms with Gasteiger partial charge in [-0.05, 0) is 0 Å². The maximum absolute atomic E-state index is 9.18. The fourth-order valence-corrected chi connectivity index (χ4v) is 1.13. The van der Waals surface area contributed by atoms with Gasteiger partial charge in [0.1, 0.15) is 30.6 Å². The van der Waals surface area contributed by atoms with Crippen LogP contribution in [0.2, 0.25) is 0 Å². The van der Waals surface area contributed by atoms with Crippen LogP contribution in [0, 0.1) is 0 Å². The van der Waals surface area contributed by atoms with Gasteiger partial charge < -0.3 is 30.9 Å². The zero-order valence-corrected chi connectivity index (χ0v) is 6.37. The van der Waals surface area contributed by atoms with Crippen molar-refractivity contribution in [2.24, 2.45) is 5.73 Å². The standard InChI is InChI=1S/C6H13NO5/c7-6-5(11)4(10)3(9)2(1-8)12-6/h2-6,8-11H,1,7H2/t2-,3+,4+,5-,6-/m1/s1. The van der Waals surface area contributed by atoms with Gasteiger partial charge in [-0.2, -0.15) is 0 Å². The first-order valence-corrected chi connectivity index (χ1v) is 3.64. The Morgan fingerprint density at radius 3 is 2.17 bits per heavy atom. The summed E-state index contributed by atoms with van der Waals surface area (Å²) < 4.78 is 4.80. The van der Waals surface area contributed by atoms with Crippen molar-refractivity contribution < 1.29 is 25.2 Å². The van der Waals surface area contributed by atoms with E-state index in [4.69, 9.17) is 25.8 Å². The van der Waals surface area contributed by atoms with Gasteiger partial charge in [0.05, 0.1) is 6.61 Å². The molecule has 12 heavy (non-hydrogen) atoms. The maximum Gasteiger partial charge on any atom is 0.135 e. The third kappa shape index (κ3) is 1.58. The van der Waals surface area contributed by atoms with Crippen molar-refractivity contribution in [2.75, 3.05) is 6.61 Å². The lowest BCUT2D eigenvalue weighted by Crippen LogP contribution is -2.61. The number of hydrogen-bond donors (Lipinski definition) is 5. The fourth-order valence-electron chi connectivity index (χ4n) is 1.13. The predicted octanol–water partition coefficient (Wildman–Crippen LogP) is -3.25. The fraction of sp³-hybridized carbons (Fsp3) is 1.00. The van der Waals surface area contributed by atoms with Gasteiger partial charge in [-0.25, -0.2) is 0 Å². The summed E-state index contributed by atoms with van der Waals surface area (Å²) >= 11 is 0. The highest BCUT2D eigenvalue weighted by molar-refractivity contribution is 4.89. The molecule has 1 heterocycles. The van der Waals surface area contributed by atoms with Crippen LogP contribution in [-0.4, -0.2) is 57.7 Å². The van der Waals surface area contributed by atoms with Gasteiger partial charge in [0.2, 0.25) is 0 Å². The van der Waals surface area contributed by atoms with E-state index in [1.807, 2.05) is 0 Å². The number of hydrogen-bond acceptors (Lipinski definition) is 6. The highest BCUT2D eigenvalue weighted by atomic mass is 16.6. The maximum atomic E-state index is 9.18. The van der Waals surface area contributed by atoms with Gasteiger partial charge in [0.25, 0.3) is 0 Å². The van der Waals surface area contributed by atoms with Crippen molar-refractivity contribution in [3.8, 4) is 0 Å². The Balaban J connectivity index is 2.63. The van der Waals surface area contributed by atoms with Crippen LogP contribution < -0.4 is 5.73 Å². The highest BCUT2D eigenvalue weighted by Crippen LogP contribution is 2.17. The van der Waals surface area contributed by atoms with E-state index in [2.05, 4.69) is 0 Å². The smallest absolute Gasteiger partial charge is 0.135 e. The molecule has 0 saturated carbocycles. The first kappa shape index (κ1) is 9.85. The topological polar surface area (TPSA) is 116 Å². The number of nitrogens with two attached hydrogens (primary N) is 1. The molecular weight excluding hydrogens is 166 g/mol. The highest BCUT2D eigenvalue weighted by Gasteiger charge is 2.41. The molecule has 6 nitrogen and oxygen atoms in total. The lowest BCUT2D eigenvalue weighted by molar-refractivity contribution is -0.227. The van der Waals surface area contributed by atoms with Crippen LogP contribution in [0.1, 0.15) is 0 Å². The molecule has 1 aliphatic heterocycles. The number of rotatable bonds is 1. The summed E-state index contributed by atoms with van der Waals surface area (Å²) in [5.74, 6) is 0. The Labute approximate surface area is 69.2 Å². The van der Waals surface area contributed by atoms with E-state index < -0.39 is 37.3 Å². The monoisotopic (exact) mass is 179 g/mol. The van der Waals surface area contributed by atoms with Crippen LogP contribution in [0.25, 0.3) is 0 Å². The predicted molar refractivity (Wildman–Crippen MR) is 38.0 cm³/mol. The Morgan fingerprint density at radius 2 is 1.67 bits per heavy atom. The lowest BCUT2D eigenvalue weighted by atomic mass is 9.99. The molecule has 0 bridgehead atoms. The van der Waals surface area contributed by atoms with Crippen LogP contribution in [0.15, 0.2) is 0 Å². The summed E-state index contributed by atoms with van der Waals surface area (Å²) in [7, 11) is 0. The van der Waals surface area contributed by atoms with E-state index in [0.29, 0.717) is 0 Å². The van der Waals surface area contributed by atoms with Crippen molar-refractivity contribution in [1.82, 2.24) is 0 Å². The first-order chi connectivity index (χ1) is 5.57. The van der Waals surface area contributed by atoms with Gasteiger partial charge in [0, 0.05) is 0 Å². The van der Waals surface area contributed by atoms with E-state index in [1.165, 1.54) is 0 Å². The van der Waals surface area contributed by atoms with E-state index >= 15 is 0 Å². The van der Waals surface area contributed by atoms with E-state index in [9.17, 15) is 5.11 Å². The summed E-state index contributed by atoms with van der Waals surface area (Å²) in [4.78, 5) is 0. The van der Waals surface area contributed by atoms with Crippen LogP contribution in [0.4, 0.5) is 0 Å². The lowest BCUT2D eigenvalue weighted by Gasteiger charge is -2.38. The second-order valence-electron chi connectivity index (χ2n) is 2.79. The summed E-state index contributed by atoms with van der Waals surface area (Å²) in [6.45, 7) is -0.446. The summed E-state index contributed by atoms with van der Waals surface area (Å²) in [6.07, 6.45) is -5.99. The molecule has 0 radical (unpaired) electrons. The zero-order valence-electron chi connectivity index (χ0n) is 6.37. The second-order valence-corrected chi connectivity index (χ2v) is 2.79. The molecule has 72 valence electrons. The molecule has 0 amide bonds. The van der Waals surface area contributed by atoms with Crippen molar-refractivity contribution >= 4 is 0 Å². The summed E-state index contributed by atoms with van der Waals surface area (Å²) in [5.41, 5.74) is 5.24. The quantitative estimate of drug-likeness (QED) is 0.288. The molecule has 0 aromatic rings. The van der Waals surface area contributed by atoms with Crippen LogP contribution >= 0.6 is 0 Å². The number of aliphatic hydroxyl groups is 4. The molecule has 1 rings (SSSR count). The zero-order chi connectivity index (χ0) is 9.30. The van der Waals surface area contributed by atoms with Crippen molar-refractivity contribution in [1.29, 1.82) is 0 Å². The number of ether oxygens (including phenoxy) is 1.